The quantitative estimate of drug-likeness (QED) is 0.147. The fourth-order valence-corrected chi connectivity index (χ4v) is 5.64. The van der Waals surface area contributed by atoms with E-state index in [0.29, 0.717) is 5.56 Å². The number of carbonyl (C=O) groups is 2. The number of aliphatic carboxylic acids is 1. The molecule has 1 heterocycles. The highest BCUT2D eigenvalue weighted by molar-refractivity contribution is 7.90. The molecule has 0 radical (unpaired) electrons. The van der Waals surface area contributed by atoms with E-state index in [-0.39, 0.29) is 30.4 Å². The maximum absolute atomic E-state index is 13.4. The number of aryl methyl sites for hydroxylation is 1. The van der Waals surface area contributed by atoms with E-state index in [2.05, 4.69) is 12.2 Å². The second-order valence-corrected chi connectivity index (χ2v) is 13.2. The molecule has 3 aromatic carbocycles. The molecule has 0 aliphatic heterocycles. The molecule has 2 N–H and O–H groups in total. The molecule has 0 fully saturated rings. The number of furan rings is 1. The van der Waals surface area contributed by atoms with Gasteiger partial charge in [-0.2, -0.15) is 0 Å². The van der Waals surface area contributed by atoms with E-state index in [4.69, 9.17) is 9.15 Å². The van der Waals surface area contributed by atoms with Gasteiger partial charge in [-0.1, -0.05) is 80.4 Å². The molecule has 4 aromatic rings. The average Bonchev–Trinajstić information content (AvgIpc) is 3.49. The number of rotatable bonds is 15. The molecule has 4 rings (SSSR count). The minimum Gasteiger partial charge on any atom is -0.480 e. The zero-order chi connectivity index (χ0) is 31.7. The molecular formula is C35H39NO7S. The molecule has 2 atom stereocenters. The maximum Gasteiger partial charge on any atom is 0.326 e. The number of hydrogen-bond donors (Lipinski definition) is 2. The van der Waals surface area contributed by atoms with Crippen LogP contribution in [0.15, 0.2) is 89.3 Å². The SMILES string of the molecule is CCCCC(OCc1ccc(C(=O)NC(CCS(C)(=O)=O)C(=O)O)c(-c2ccccc2C)c1)c1ccc(-c2ccccc2)o1. The van der Waals surface area contributed by atoms with Crippen molar-refractivity contribution in [2.24, 2.45) is 0 Å². The smallest absolute Gasteiger partial charge is 0.326 e. The second-order valence-electron chi connectivity index (χ2n) is 11.0. The third-order valence-corrected chi connectivity index (χ3v) is 8.40. The van der Waals surface area contributed by atoms with Gasteiger partial charge in [0.1, 0.15) is 33.5 Å². The van der Waals surface area contributed by atoms with Gasteiger partial charge in [0.25, 0.3) is 5.91 Å². The van der Waals surface area contributed by atoms with Gasteiger partial charge in [-0.15, -0.1) is 0 Å². The molecule has 0 saturated carbocycles. The lowest BCUT2D eigenvalue weighted by Crippen LogP contribution is -2.42. The van der Waals surface area contributed by atoms with Crippen LogP contribution in [0.2, 0.25) is 0 Å². The predicted molar refractivity (Wildman–Crippen MR) is 171 cm³/mol. The van der Waals surface area contributed by atoms with E-state index >= 15 is 0 Å². The summed E-state index contributed by atoms with van der Waals surface area (Å²) in [5, 5.41) is 12.2. The number of nitrogens with one attached hydrogen (secondary N) is 1. The summed E-state index contributed by atoms with van der Waals surface area (Å²) >= 11 is 0. The monoisotopic (exact) mass is 617 g/mol. The van der Waals surface area contributed by atoms with E-state index < -0.39 is 27.8 Å². The largest absolute Gasteiger partial charge is 0.480 e. The van der Waals surface area contributed by atoms with E-state index in [9.17, 15) is 23.1 Å². The minimum atomic E-state index is -3.40. The predicted octanol–water partition coefficient (Wildman–Crippen LogP) is 6.99. The molecule has 8 nitrogen and oxygen atoms in total. The lowest BCUT2D eigenvalue weighted by atomic mass is 9.93. The number of carbonyl (C=O) groups excluding carboxylic acids is 1. The standard InChI is InChI=1S/C35H39NO7S/c1-4-5-15-32(33-19-18-31(43-33)26-12-7-6-8-13-26)42-23-25-16-17-28(29(22-25)27-14-10-9-11-24(27)2)34(37)36-30(35(38)39)20-21-44(3,40)41/h6-14,16-19,22,30,32H,4-5,15,20-21,23H2,1-3H3,(H,36,37)(H,38,39). The molecule has 9 heteroatoms. The first-order valence-electron chi connectivity index (χ1n) is 14.7. The Bertz CT molecular complexity index is 1680. The minimum absolute atomic E-state index is 0.233. The number of unbranched alkanes of at least 4 members (excludes halogenated alkanes) is 1. The summed E-state index contributed by atoms with van der Waals surface area (Å²) in [6, 6.07) is 25.4. The lowest BCUT2D eigenvalue weighted by molar-refractivity contribution is -0.139. The molecule has 0 saturated heterocycles. The van der Waals surface area contributed by atoms with Crippen LogP contribution in [0.1, 0.15) is 66.0 Å². The van der Waals surface area contributed by atoms with Crippen molar-refractivity contribution in [1.29, 1.82) is 0 Å². The summed E-state index contributed by atoms with van der Waals surface area (Å²) in [7, 11) is -3.40. The summed E-state index contributed by atoms with van der Waals surface area (Å²) in [5.74, 6) is -0.717. The van der Waals surface area contributed by atoms with Crippen LogP contribution in [0, 0.1) is 6.92 Å². The van der Waals surface area contributed by atoms with Crippen molar-refractivity contribution in [3.05, 3.63) is 107 Å². The molecular weight excluding hydrogens is 578 g/mol. The zero-order valence-corrected chi connectivity index (χ0v) is 26.1. The van der Waals surface area contributed by atoms with Crippen LogP contribution in [0.25, 0.3) is 22.5 Å². The maximum atomic E-state index is 13.4. The van der Waals surface area contributed by atoms with Crippen LogP contribution in [-0.4, -0.2) is 43.5 Å². The van der Waals surface area contributed by atoms with Gasteiger partial charge in [0.05, 0.1) is 12.4 Å². The van der Waals surface area contributed by atoms with Crippen LogP contribution >= 0.6 is 0 Å². The molecule has 232 valence electrons. The van der Waals surface area contributed by atoms with Crippen LogP contribution in [0.5, 0.6) is 0 Å². The third-order valence-electron chi connectivity index (χ3n) is 7.42. The highest BCUT2D eigenvalue weighted by Gasteiger charge is 2.25. The summed E-state index contributed by atoms with van der Waals surface area (Å²) < 4.78 is 35.9. The molecule has 1 aromatic heterocycles. The van der Waals surface area contributed by atoms with Crippen molar-refractivity contribution in [2.75, 3.05) is 12.0 Å². The Kier molecular flexibility index (Phi) is 11.1. The van der Waals surface area contributed by atoms with Gasteiger partial charge in [0.15, 0.2) is 0 Å². The number of carboxylic acids is 1. The molecule has 0 aliphatic rings. The van der Waals surface area contributed by atoms with Crippen LogP contribution in [-0.2, 0) is 26.0 Å². The summed E-state index contributed by atoms with van der Waals surface area (Å²) in [6.07, 6.45) is 3.30. The fourth-order valence-electron chi connectivity index (χ4n) is 4.98. The first-order valence-corrected chi connectivity index (χ1v) is 16.8. The third kappa shape index (κ3) is 8.90. The van der Waals surface area contributed by atoms with E-state index in [1.54, 1.807) is 12.1 Å². The average molecular weight is 618 g/mol. The molecule has 2 unspecified atom stereocenters. The van der Waals surface area contributed by atoms with Crippen molar-refractivity contribution in [3.63, 3.8) is 0 Å². The van der Waals surface area contributed by atoms with E-state index in [0.717, 1.165) is 59.3 Å². The first kappa shape index (κ1) is 32.7. The molecule has 0 spiro atoms. The highest BCUT2D eigenvalue weighted by Crippen LogP contribution is 2.32. The number of amides is 1. The van der Waals surface area contributed by atoms with Gasteiger partial charge in [-0.05, 0) is 66.3 Å². The Morgan fingerprint density at radius 1 is 0.932 bits per heavy atom. The van der Waals surface area contributed by atoms with Crippen molar-refractivity contribution in [1.82, 2.24) is 5.32 Å². The Morgan fingerprint density at radius 2 is 1.66 bits per heavy atom. The highest BCUT2D eigenvalue weighted by atomic mass is 32.2. The van der Waals surface area contributed by atoms with Crippen molar-refractivity contribution >= 4 is 21.7 Å². The fraction of sp³-hybridized carbons (Fsp3) is 0.314. The first-order chi connectivity index (χ1) is 21.1. The molecule has 1 amide bonds. The van der Waals surface area contributed by atoms with Crippen molar-refractivity contribution in [2.45, 2.75) is 58.3 Å². The second kappa shape index (κ2) is 15.0. The van der Waals surface area contributed by atoms with Gasteiger partial charge < -0.3 is 19.6 Å². The van der Waals surface area contributed by atoms with E-state index in [1.807, 2.05) is 79.7 Å². The zero-order valence-electron chi connectivity index (χ0n) is 25.3. The number of sulfone groups is 1. The van der Waals surface area contributed by atoms with Gasteiger partial charge >= 0.3 is 5.97 Å². The number of carboxylic acid groups (broad SMARTS) is 1. The normalized spacial score (nSPS) is 12.9. The number of benzene rings is 3. The molecule has 44 heavy (non-hydrogen) atoms. The van der Waals surface area contributed by atoms with Crippen molar-refractivity contribution in [3.8, 4) is 22.5 Å². The summed E-state index contributed by atoms with van der Waals surface area (Å²) in [5.41, 5.74) is 4.51. The Morgan fingerprint density at radius 3 is 2.34 bits per heavy atom. The Balaban J connectivity index is 1.59. The molecule has 0 aliphatic carbocycles. The van der Waals surface area contributed by atoms with Crippen LogP contribution in [0.3, 0.4) is 0 Å². The van der Waals surface area contributed by atoms with Gasteiger partial charge in [0.2, 0.25) is 0 Å². The van der Waals surface area contributed by atoms with Crippen molar-refractivity contribution < 1.29 is 32.3 Å². The summed E-state index contributed by atoms with van der Waals surface area (Å²) in [4.78, 5) is 25.3. The molecule has 0 bridgehead atoms. The van der Waals surface area contributed by atoms with Gasteiger partial charge in [-0.3, -0.25) is 4.79 Å². The summed E-state index contributed by atoms with van der Waals surface area (Å²) in [6.45, 7) is 4.33. The lowest BCUT2D eigenvalue weighted by Gasteiger charge is -2.19. The van der Waals surface area contributed by atoms with Gasteiger partial charge in [0, 0.05) is 17.4 Å². The number of ether oxygens (including phenoxy) is 1. The van der Waals surface area contributed by atoms with Gasteiger partial charge in [-0.25, -0.2) is 13.2 Å². The number of hydrogen-bond acceptors (Lipinski definition) is 6. The Labute approximate surface area is 259 Å². The van der Waals surface area contributed by atoms with E-state index in [1.165, 1.54) is 0 Å². The van der Waals surface area contributed by atoms with Crippen LogP contribution < -0.4 is 5.32 Å². The van der Waals surface area contributed by atoms with Crippen LogP contribution in [0.4, 0.5) is 0 Å². The topological polar surface area (TPSA) is 123 Å². The Hall–Kier alpha value is -4.21.